The predicted molar refractivity (Wildman–Crippen MR) is 101 cm³/mol. The lowest BCUT2D eigenvalue weighted by Gasteiger charge is -2.23. The number of thiophene rings is 1. The van der Waals surface area contributed by atoms with Crippen LogP contribution < -0.4 is 5.32 Å². The fraction of sp³-hybridized carbons (Fsp3) is 0.389. The molecule has 2 aromatic rings. The van der Waals surface area contributed by atoms with Gasteiger partial charge >= 0.3 is 0 Å². The second kappa shape index (κ2) is 8.60. The molecular formula is C18H24N2O3S2. The summed E-state index contributed by atoms with van der Waals surface area (Å²) in [6, 6.07) is 12.8. The van der Waals surface area contributed by atoms with E-state index in [1.807, 2.05) is 30.3 Å². The number of hydrogen-bond donors (Lipinski definition) is 1. The van der Waals surface area contributed by atoms with Gasteiger partial charge in [-0.25, -0.2) is 8.42 Å². The van der Waals surface area contributed by atoms with Crippen molar-refractivity contribution in [2.75, 3.05) is 13.6 Å². The van der Waals surface area contributed by atoms with Crippen molar-refractivity contribution in [3.05, 3.63) is 53.4 Å². The molecule has 1 aromatic heterocycles. The number of rotatable bonds is 8. The number of carbonyl (C=O) groups excluding carboxylic acids is 1. The summed E-state index contributed by atoms with van der Waals surface area (Å²) in [6.45, 7) is 3.98. The average molecular weight is 381 g/mol. The summed E-state index contributed by atoms with van der Waals surface area (Å²) >= 11 is 1.14. The number of likely N-dealkylation sites (N-methyl/N-ethyl adjacent to an activating group) is 1. The Morgan fingerprint density at radius 1 is 1.16 bits per heavy atom. The van der Waals surface area contributed by atoms with Crippen LogP contribution in [0.15, 0.2) is 52.1 Å². The molecule has 1 heterocycles. The van der Waals surface area contributed by atoms with Crippen molar-refractivity contribution >= 4 is 27.3 Å². The van der Waals surface area contributed by atoms with Crippen molar-refractivity contribution in [1.29, 1.82) is 0 Å². The molecule has 1 N–H and O–H groups in total. The summed E-state index contributed by atoms with van der Waals surface area (Å²) in [5.74, 6) is 0.0928. The Balaban J connectivity index is 2.06. The zero-order chi connectivity index (χ0) is 18.4. The van der Waals surface area contributed by atoms with Gasteiger partial charge in [0.2, 0.25) is 5.91 Å². The van der Waals surface area contributed by atoms with E-state index in [2.05, 4.69) is 19.2 Å². The molecule has 1 atom stereocenters. The quantitative estimate of drug-likeness (QED) is 0.764. The van der Waals surface area contributed by atoms with E-state index in [9.17, 15) is 13.2 Å². The van der Waals surface area contributed by atoms with Gasteiger partial charge in [0.1, 0.15) is 4.21 Å². The molecule has 5 nitrogen and oxygen atoms in total. The molecule has 1 aromatic carbocycles. The SMILES string of the molecule is CC(C)C[C@@H](NC(=O)CN(C)S(=O)(=O)c1cccs1)c1ccccc1. The number of nitrogens with zero attached hydrogens (tertiary/aromatic N) is 1. The topological polar surface area (TPSA) is 66.5 Å². The van der Waals surface area contributed by atoms with Crippen LogP contribution in [-0.4, -0.2) is 32.2 Å². The molecule has 0 radical (unpaired) electrons. The van der Waals surface area contributed by atoms with Crippen molar-refractivity contribution in [3.63, 3.8) is 0 Å². The van der Waals surface area contributed by atoms with E-state index in [4.69, 9.17) is 0 Å². The molecule has 0 saturated carbocycles. The molecule has 0 aliphatic carbocycles. The number of benzene rings is 1. The highest BCUT2D eigenvalue weighted by Crippen LogP contribution is 2.22. The van der Waals surface area contributed by atoms with Crippen LogP contribution in [0.1, 0.15) is 31.9 Å². The summed E-state index contributed by atoms with van der Waals surface area (Å²) in [7, 11) is -2.20. The maximum atomic E-state index is 12.4. The number of amides is 1. The van der Waals surface area contributed by atoms with Gasteiger partial charge in [0.25, 0.3) is 10.0 Å². The molecule has 0 unspecified atom stereocenters. The lowest BCUT2D eigenvalue weighted by atomic mass is 9.97. The van der Waals surface area contributed by atoms with Crippen molar-refractivity contribution in [2.45, 2.75) is 30.5 Å². The lowest BCUT2D eigenvalue weighted by molar-refractivity contribution is -0.122. The number of carbonyl (C=O) groups is 1. The van der Waals surface area contributed by atoms with Crippen LogP contribution in [0.4, 0.5) is 0 Å². The molecular weight excluding hydrogens is 356 g/mol. The van der Waals surface area contributed by atoms with Gasteiger partial charge in [0.05, 0.1) is 12.6 Å². The van der Waals surface area contributed by atoms with Gasteiger partial charge in [0.15, 0.2) is 0 Å². The molecule has 0 bridgehead atoms. The smallest absolute Gasteiger partial charge is 0.252 e. The first kappa shape index (κ1) is 19.6. The summed E-state index contributed by atoms with van der Waals surface area (Å²) in [5.41, 5.74) is 1.02. The molecule has 0 spiro atoms. The Hall–Kier alpha value is -1.70. The third-order valence-corrected chi connectivity index (χ3v) is 6.95. The van der Waals surface area contributed by atoms with E-state index in [-0.39, 0.29) is 22.7 Å². The Labute approximate surface area is 153 Å². The highest BCUT2D eigenvalue weighted by molar-refractivity contribution is 7.91. The fourth-order valence-electron chi connectivity index (χ4n) is 2.53. The van der Waals surface area contributed by atoms with Crippen LogP contribution in [0.5, 0.6) is 0 Å². The zero-order valence-electron chi connectivity index (χ0n) is 14.7. The van der Waals surface area contributed by atoms with Gasteiger partial charge in [-0.15, -0.1) is 11.3 Å². The van der Waals surface area contributed by atoms with Crippen LogP contribution in [0.3, 0.4) is 0 Å². The Morgan fingerprint density at radius 2 is 1.84 bits per heavy atom. The maximum Gasteiger partial charge on any atom is 0.252 e. The van der Waals surface area contributed by atoms with E-state index >= 15 is 0 Å². The average Bonchev–Trinajstić information content (AvgIpc) is 3.09. The fourth-order valence-corrected chi connectivity index (χ4v) is 4.85. The minimum Gasteiger partial charge on any atom is -0.348 e. The van der Waals surface area contributed by atoms with Gasteiger partial charge in [-0.1, -0.05) is 50.2 Å². The van der Waals surface area contributed by atoms with Crippen molar-refractivity contribution in [1.82, 2.24) is 9.62 Å². The van der Waals surface area contributed by atoms with Crippen LogP contribution >= 0.6 is 11.3 Å². The van der Waals surface area contributed by atoms with E-state index in [0.717, 1.165) is 27.6 Å². The molecule has 1 amide bonds. The van der Waals surface area contributed by atoms with Gasteiger partial charge in [0, 0.05) is 7.05 Å². The highest BCUT2D eigenvalue weighted by atomic mass is 32.2. The molecule has 25 heavy (non-hydrogen) atoms. The van der Waals surface area contributed by atoms with Gasteiger partial charge < -0.3 is 5.32 Å². The summed E-state index contributed by atoms with van der Waals surface area (Å²) < 4.78 is 26.2. The third-order valence-electron chi connectivity index (χ3n) is 3.77. The summed E-state index contributed by atoms with van der Waals surface area (Å²) in [5, 5.41) is 4.67. The Kier molecular flexibility index (Phi) is 6.75. The van der Waals surface area contributed by atoms with E-state index < -0.39 is 10.0 Å². The van der Waals surface area contributed by atoms with E-state index in [1.165, 1.54) is 7.05 Å². The van der Waals surface area contributed by atoms with E-state index in [0.29, 0.717) is 5.92 Å². The van der Waals surface area contributed by atoms with Crippen LogP contribution in [0.2, 0.25) is 0 Å². The number of hydrogen-bond acceptors (Lipinski definition) is 4. The zero-order valence-corrected chi connectivity index (χ0v) is 16.3. The first-order chi connectivity index (χ1) is 11.8. The molecule has 0 aliphatic rings. The van der Waals surface area contributed by atoms with Crippen LogP contribution in [0.25, 0.3) is 0 Å². The summed E-state index contributed by atoms with van der Waals surface area (Å²) in [6.07, 6.45) is 0.789. The maximum absolute atomic E-state index is 12.4. The van der Waals surface area contributed by atoms with Crippen LogP contribution in [0, 0.1) is 5.92 Å². The molecule has 2 rings (SSSR count). The monoisotopic (exact) mass is 380 g/mol. The number of sulfonamides is 1. The minimum absolute atomic E-state index is 0.133. The highest BCUT2D eigenvalue weighted by Gasteiger charge is 2.25. The first-order valence-electron chi connectivity index (χ1n) is 8.15. The third kappa shape index (κ3) is 5.39. The van der Waals surface area contributed by atoms with Gasteiger partial charge in [-0.05, 0) is 29.3 Å². The van der Waals surface area contributed by atoms with Crippen molar-refractivity contribution in [3.8, 4) is 0 Å². The van der Waals surface area contributed by atoms with Gasteiger partial charge in [-0.3, -0.25) is 4.79 Å². The van der Waals surface area contributed by atoms with E-state index in [1.54, 1.807) is 17.5 Å². The van der Waals surface area contributed by atoms with Gasteiger partial charge in [-0.2, -0.15) is 4.31 Å². The molecule has 0 aliphatic heterocycles. The standard InChI is InChI=1S/C18H24N2O3S2/c1-14(2)12-16(15-8-5-4-6-9-15)19-17(21)13-20(3)25(22,23)18-10-7-11-24-18/h4-11,14,16H,12-13H2,1-3H3,(H,19,21)/t16-/m1/s1. The predicted octanol–water partition coefficient (Wildman–Crippen LogP) is 3.27. The van der Waals surface area contributed by atoms with Crippen LogP contribution in [-0.2, 0) is 14.8 Å². The number of nitrogens with one attached hydrogen (secondary N) is 1. The molecule has 0 fully saturated rings. The molecule has 0 saturated heterocycles. The molecule has 136 valence electrons. The summed E-state index contributed by atoms with van der Waals surface area (Å²) in [4.78, 5) is 12.4. The second-order valence-corrected chi connectivity index (χ2v) is 9.57. The van der Waals surface area contributed by atoms with Crippen molar-refractivity contribution < 1.29 is 13.2 Å². The Bertz CT molecular complexity index is 772. The van der Waals surface area contributed by atoms with Crippen molar-refractivity contribution in [2.24, 2.45) is 5.92 Å². The normalized spacial score (nSPS) is 13.2. The minimum atomic E-state index is -3.62. The molecule has 7 heteroatoms. The lowest BCUT2D eigenvalue weighted by Crippen LogP contribution is -2.39. The first-order valence-corrected chi connectivity index (χ1v) is 10.5. The Morgan fingerprint density at radius 3 is 2.40 bits per heavy atom. The largest absolute Gasteiger partial charge is 0.348 e. The second-order valence-electron chi connectivity index (χ2n) is 6.35.